The van der Waals surface area contributed by atoms with Crippen LogP contribution in [0.3, 0.4) is 0 Å². The van der Waals surface area contributed by atoms with Crippen LogP contribution in [0.2, 0.25) is 0 Å². The number of anilines is 1. The van der Waals surface area contributed by atoms with Gasteiger partial charge in [-0.15, -0.1) is 0 Å². The van der Waals surface area contributed by atoms with Gasteiger partial charge in [-0.05, 0) is 12.1 Å². The summed E-state index contributed by atoms with van der Waals surface area (Å²) in [4.78, 5) is 21.8. The van der Waals surface area contributed by atoms with Crippen LogP contribution in [0.25, 0.3) is 0 Å². The van der Waals surface area contributed by atoms with Gasteiger partial charge in [0.1, 0.15) is 29.0 Å². The number of nitrogens with zero attached hydrogens (tertiary/aromatic N) is 1. The van der Waals surface area contributed by atoms with Crippen molar-refractivity contribution in [3.63, 3.8) is 0 Å². The van der Waals surface area contributed by atoms with Gasteiger partial charge in [-0.3, -0.25) is 9.59 Å². The topological polar surface area (TPSA) is 102 Å². The fourth-order valence-corrected chi connectivity index (χ4v) is 1.31. The molecule has 0 bridgehead atoms. The maximum atomic E-state index is 13.3. The average molecular weight is 295 g/mol. The van der Waals surface area contributed by atoms with Crippen LogP contribution in [0.4, 0.5) is 14.5 Å². The van der Waals surface area contributed by atoms with Gasteiger partial charge in [-0.1, -0.05) is 6.07 Å². The van der Waals surface area contributed by atoms with Crippen LogP contribution >= 0.6 is 0 Å². The number of benzene rings is 1. The van der Waals surface area contributed by atoms with Crippen molar-refractivity contribution in [2.75, 3.05) is 11.9 Å². The van der Waals surface area contributed by atoms with Gasteiger partial charge >= 0.3 is 5.97 Å². The minimum Gasteiger partial charge on any atom is -0.481 e. The monoisotopic (exact) mass is 295 g/mol. The van der Waals surface area contributed by atoms with Crippen molar-refractivity contribution in [1.29, 1.82) is 5.26 Å². The molecule has 1 amide bonds. The first-order valence-corrected chi connectivity index (χ1v) is 5.76. The summed E-state index contributed by atoms with van der Waals surface area (Å²) in [6.45, 7) is -0.165. The third kappa shape index (κ3) is 4.91. The lowest BCUT2D eigenvalue weighted by Crippen LogP contribution is -2.27. The molecular weight excluding hydrogens is 284 g/mol. The predicted octanol–water partition coefficient (Wildman–Crippen LogP) is 1.38. The van der Waals surface area contributed by atoms with Gasteiger partial charge in [-0.2, -0.15) is 5.26 Å². The molecule has 1 rings (SSSR count). The van der Waals surface area contributed by atoms with E-state index < -0.39 is 34.8 Å². The van der Waals surface area contributed by atoms with Crippen molar-refractivity contribution in [3.05, 3.63) is 41.6 Å². The van der Waals surface area contributed by atoms with Gasteiger partial charge in [0.2, 0.25) is 0 Å². The highest BCUT2D eigenvalue weighted by Gasteiger charge is 2.11. The highest BCUT2D eigenvalue weighted by atomic mass is 19.1. The van der Waals surface area contributed by atoms with E-state index in [0.717, 1.165) is 18.3 Å². The molecule has 6 nitrogen and oxygen atoms in total. The zero-order chi connectivity index (χ0) is 15.8. The van der Waals surface area contributed by atoms with E-state index in [1.54, 1.807) is 6.07 Å². The summed E-state index contributed by atoms with van der Waals surface area (Å²) in [6, 6.07) is 4.74. The number of hydrogen-bond donors (Lipinski definition) is 3. The summed E-state index contributed by atoms with van der Waals surface area (Å²) >= 11 is 0. The standard InChI is InChI=1S/C13H11F2N3O3/c14-9-2-1-3-10(15)12(9)18-7-8(6-16)13(21)17-5-4-11(19)20/h1-3,7,18H,4-5H2,(H,17,21)(H,19,20)/b8-7-. The summed E-state index contributed by atoms with van der Waals surface area (Å²) < 4.78 is 26.6. The fourth-order valence-electron chi connectivity index (χ4n) is 1.31. The number of carbonyl (C=O) groups excluding carboxylic acids is 1. The fraction of sp³-hybridized carbons (Fsp3) is 0.154. The Balaban J connectivity index is 2.74. The van der Waals surface area contributed by atoms with Gasteiger partial charge < -0.3 is 15.7 Å². The predicted molar refractivity (Wildman–Crippen MR) is 68.9 cm³/mol. The third-order valence-electron chi connectivity index (χ3n) is 2.31. The van der Waals surface area contributed by atoms with Crippen molar-refractivity contribution in [2.24, 2.45) is 0 Å². The molecule has 0 heterocycles. The van der Waals surface area contributed by atoms with Crippen molar-refractivity contribution in [3.8, 4) is 6.07 Å². The van der Waals surface area contributed by atoms with E-state index in [-0.39, 0.29) is 13.0 Å². The normalized spacial score (nSPS) is 10.6. The second-order valence-corrected chi connectivity index (χ2v) is 3.81. The molecule has 0 saturated carbocycles. The number of amides is 1. The Bertz CT molecular complexity index is 603. The van der Waals surface area contributed by atoms with Crippen molar-refractivity contribution >= 4 is 17.6 Å². The minimum absolute atomic E-state index is 0.165. The first-order chi connectivity index (χ1) is 9.95. The smallest absolute Gasteiger partial charge is 0.305 e. The van der Waals surface area contributed by atoms with Gasteiger partial charge in [-0.25, -0.2) is 8.78 Å². The first kappa shape index (κ1) is 16.1. The molecule has 3 N–H and O–H groups in total. The zero-order valence-electron chi connectivity index (χ0n) is 10.7. The van der Waals surface area contributed by atoms with E-state index in [4.69, 9.17) is 10.4 Å². The molecule has 0 radical (unpaired) electrons. The molecule has 110 valence electrons. The van der Waals surface area contributed by atoms with Crippen molar-refractivity contribution in [2.45, 2.75) is 6.42 Å². The quantitative estimate of drug-likeness (QED) is 0.543. The van der Waals surface area contributed by atoms with Gasteiger partial charge in [0, 0.05) is 12.7 Å². The van der Waals surface area contributed by atoms with Crippen LogP contribution in [0.15, 0.2) is 30.0 Å². The van der Waals surface area contributed by atoms with E-state index in [1.165, 1.54) is 6.07 Å². The molecule has 1 aromatic carbocycles. The number of carboxylic acids is 1. The van der Waals surface area contributed by atoms with Crippen LogP contribution in [0.1, 0.15) is 6.42 Å². The molecule has 0 aromatic heterocycles. The number of rotatable bonds is 6. The number of aliphatic carboxylic acids is 1. The summed E-state index contributed by atoms with van der Waals surface area (Å²) in [5.41, 5.74) is -0.938. The van der Waals surface area contributed by atoms with Crippen LogP contribution in [0, 0.1) is 23.0 Å². The van der Waals surface area contributed by atoms with E-state index >= 15 is 0 Å². The van der Waals surface area contributed by atoms with Crippen LogP contribution in [-0.4, -0.2) is 23.5 Å². The second kappa shape index (κ2) is 7.59. The molecule has 21 heavy (non-hydrogen) atoms. The first-order valence-electron chi connectivity index (χ1n) is 5.76. The lowest BCUT2D eigenvalue weighted by molar-refractivity contribution is -0.136. The second-order valence-electron chi connectivity index (χ2n) is 3.81. The number of para-hydroxylation sites is 1. The molecule has 0 spiro atoms. The molecule has 0 aliphatic heterocycles. The minimum atomic E-state index is -1.11. The number of carboxylic acid groups (broad SMARTS) is 1. The molecule has 0 fully saturated rings. The van der Waals surface area contributed by atoms with Crippen LogP contribution < -0.4 is 10.6 Å². The van der Waals surface area contributed by atoms with Crippen molar-refractivity contribution < 1.29 is 23.5 Å². The Morgan fingerprint density at radius 3 is 2.48 bits per heavy atom. The SMILES string of the molecule is N#C/C(=C/Nc1c(F)cccc1F)C(=O)NCCC(=O)O. The summed E-state index contributed by atoms with van der Waals surface area (Å²) in [7, 11) is 0. The number of nitrogens with one attached hydrogen (secondary N) is 2. The lowest BCUT2D eigenvalue weighted by Gasteiger charge is -2.05. The van der Waals surface area contributed by atoms with E-state index in [9.17, 15) is 18.4 Å². The Morgan fingerprint density at radius 1 is 1.33 bits per heavy atom. The van der Waals surface area contributed by atoms with Gasteiger partial charge in [0.25, 0.3) is 5.91 Å². The maximum absolute atomic E-state index is 13.3. The van der Waals surface area contributed by atoms with Crippen molar-refractivity contribution in [1.82, 2.24) is 5.32 Å². The molecule has 1 aromatic rings. The Labute approximate surface area is 118 Å². The number of halogens is 2. The third-order valence-corrected chi connectivity index (χ3v) is 2.31. The van der Waals surface area contributed by atoms with Crippen LogP contribution in [-0.2, 0) is 9.59 Å². The molecule has 0 aliphatic carbocycles. The molecule has 0 unspecified atom stereocenters. The number of nitriles is 1. The summed E-state index contributed by atoms with van der Waals surface area (Å²) in [5, 5.41) is 21.6. The lowest BCUT2D eigenvalue weighted by atomic mass is 10.2. The molecule has 0 atom stereocenters. The maximum Gasteiger partial charge on any atom is 0.305 e. The Kier molecular flexibility index (Phi) is 5.82. The van der Waals surface area contributed by atoms with E-state index in [1.807, 2.05) is 0 Å². The zero-order valence-corrected chi connectivity index (χ0v) is 10.7. The van der Waals surface area contributed by atoms with Gasteiger partial charge in [0.15, 0.2) is 0 Å². The van der Waals surface area contributed by atoms with Gasteiger partial charge in [0.05, 0.1) is 6.42 Å². The van der Waals surface area contributed by atoms with Crippen LogP contribution in [0.5, 0.6) is 0 Å². The molecule has 0 saturated heterocycles. The summed E-state index contributed by atoms with van der Waals surface area (Å²) in [5.74, 6) is -3.71. The summed E-state index contributed by atoms with van der Waals surface area (Å²) in [6.07, 6.45) is 0.539. The highest BCUT2D eigenvalue weighted by molar-refractivity contribution is 5.97. The molecule has 0 aliphatic rings. The Morgan fingerprint density at radius 2 is 1.95 bits per heavy atom. The average Bonchev–Trinajstić information content (AvgIpc) is 2.41. The Hall–Kier alpha value is -2.95. The largest absolute Gasteiger partial charge is 0.481 e. The highest BCUT2D eigenvalue weighted by Crippen LogP contribution is 2.18. The number of hydrogen-bond acceptors (Lipinski definition) is 4. The molecular formula is C13H11F2N3O3. The molecule has 8 heteroatoms. The van der Waals surface area contributed by atoms with E-state index in [2.05, 4.69) is 10.6 Å². The number of carbonyl (C=O) groups is 2. The van der Waals surface area contributed by atoms with E-state index in [0.29, 0.717) is 0 Å².